The quantitative estimate of drug-likeness (QED) is 0.664. The maximum absolute atomic E-state index is 11.4. The minimum atomic E-state index is -0.987. The average molecular weight is 248 g/mol. The first kappa shape index (κ1) is 13.9. The van der Waals surface area contributed by atoms with E-state index >= 15 is 0 Å². The summed E-state index contributed by atoms with van der Waals surface area (Å²) >= 11 is 0. The Balaban J connectivity index is 2.55. The highest BCUT2D eigenvalue weighted by molar-refractivity contribution is 5.91. The third kappa shape index (κ3) is 5.27. The van der Waals surface area contributed by atoms with Gasteiger partial charge >= 0.3 is 5.97 Å². The Bertz CT molecular complexity index is 438. The van der Waals surface area contributed by atoms with Crippen molar-refractivity contribution in [2.75, 3.05) is 18.9 Å². The SMILES string of the molecule is CNCCC(=O)Nc1ccc(/C=C/C(=O)O)cc1. The van der Waals surface area contributed by atoms with E-state index in [-0.39, 0.29) is 5.91 Å². The van der Waals surface area contributed by atoms with Gasteiger partial charge in [-0.25, -0.2) is 4.79 Å². The summed E-state index contributed by atoms with van der Waals surface area (Å²) in [7, 11) is 1.79. The van der Waals surface area contributed by atoms with Crippen molar-refractivity contribution in [2.24, 2.45) is 0 Å². The second-order valence-electron chi connectivity index (χ2n) is 3.70. The predicted octanol–water partition coefficient (Wildman–Crippen LogP) is 1.33. The van der Waals surface area contributed by atoms with Crippen LogP contribution in [0.15, 0.2) is 30.3 Å². The molecule has 1 amide bonds. The van der Waals surface area contributed by atoms with Crippen LogP contribution in [0.2, 0.25) is 0 Å². The minimum Gasteiger partial charge on any atom is -0.478 e. The number of anilines is 1. The van der Waals surface area contributed by atoms with E-state index in [1.807, 2.05) is 0 Å². The summed E-state index contributed by atoms with van der Waals surface area (Å²) in [6.45, 7) is 0.630. The fraction of sp³-hybridized carbons (Fsp3) is 0.231. The Morgan fingerprint density at radius 3 is 2.50 bits per heavy atom. The predicted molar refractivity (Wildman–Crippen MR) is 70.3 cm³/mol. The fourth-order valence-electron chi connectivity index (χ4n) is 1.31. The van der Waals surface area contributed by atoms with Gasteiger partial charge in [-0.3, -0.25) is 4.79 Å². The molecule has 0 aliphatic rings. The van der Waals surface area contributed by atoms with E-state index < -0.39 is 5.97 Å². The van der Waals surface area contributed by atoms with Crippen molar-refractivity contribution >= 4 is 23.6 Å². The molecule has 5 heteroatoms. The summed E-state index contributed by atoms with van der Waals surface area (Å²) in [6, 6.07) is 6.96. The number of carboxylic acids is 1. The van der Waals surface area contributed by atoms with E-state index in [1.54, 1.807) is 31.3 Å². The van der Waals surface area contributed by atoms with Crippen molar-refractivity contribution in [3.63, 3.8) is 0 Å². The molecule has 0 spiro atoms. The average Bonchev–Trinajstić information content (AvgIpc) is 2.35. The Morgan fingerprint density at radius 1 is 1.28 bits per heavy atom. The first-order valence-corrected chi connectivity index (χ1v) is 5.57. The highest BCUT2D eigenvalue weighted by atomic mass is 16.4. The van der Waals surface area contributed by atoms with Gasteiger partial charge < -0.3 is 15.7 Å². The fourth-order valence-corrected chi connectivity index (χ4v) is 1.31. The number of carbonyl (C=O) groups is 2. The number of hydrogen-bond acceptors (Lipinski definition) is 3. The lowest BCUT2D eigenvalue weighted by molar-refractivity contribution is -0.131. The third-order valence-corrected chi connectivity index (χ3v) is 2.21. The first-order chi connectivity index (χ1) is 8.61. The lowest BCUT2D eigenvalue weighted by atomic mass is 10.2. The molecule has 0 fully saturated rings. The maximum Gasteiger partial charge on any atom is 0.328 e. The van der Waals surface area contributed by atoms with Crippen molar-refractivity contribution in [1.29, 1.82) is 0 Å². The van der Waals surface area contributed by atoms with Gasteiger partial charge in [0.1, 0.15) is 0 Å². The molecule has 3 N–H and O–H groups in total. The number of benzene rings is 1. The molecule has 0 aromatic heterocycles. The van der Waals surface area contributed by atoms with Gasteiger partial charge in [0.2, 0.25) is 5.91 Å². The van der Waals surface area contributed by atoms with Crippen LogP contribution in [0.1, 0.15) is 12.0 Å². The molecule has 0 saturated carbocycles. The van der Waals surface area contributed by atoms with E-state index in [0.29, 0.717) is 18.7 Å². The van der Waals surface area contributed by atoms with E-state index in [0.717, 1.165) is 11.6 Å². The summed E-state index contributed by atoms with van der Waals surface area (Å²) in [5.41, 5.74) is 1.47. The van der Waals surface area contributed by atoms with Crippen LogP contribution in [0.5, 0.6) is 0 Å². The normalized spacial score (nSPS) is 10.5. The number of rotatable bonds is 6. The van der Waals surface area contributed by atoms with Crippen LogP contribution in [0.25, 0.3) is 6.08 Å². The van der Waals surface area contributed by atoms with Gasteiger partial charge in [0.05, 0.1) is 0 Å². The number of nitrogens with one attached hydrogen (secondary N) is 2. The van der Waals surface area contributed by atoms with Gasteiger partial charge in [-0.05, 0) is 30.8 Å². The molecular formula is C13H16N2O3. The first-order valence-electron chi connectivity index (χ1n) is 5.57. The topological polar surface area (TPSA) is 78.4 Å². The summed E-state index contributed by atoms with van der Waals surface area (Å²) in [6.07, 6.45) is 2.98. The van der Waals surface area contributed by atoms with Crippen LogP contribution in [-0.4, -0.2) is 30.6 Å². The second-order valence-corrected chi connectivity index (χ2v) is 3.70. The molecule has 5 nitrogen and oxygen atoms in total. The highest BCUT2D eigenvalue weighted by Gasteiger charge is 2.00. The standard InChI is InChI=1S/C13H16N2O3/c1-14-9-8-12(16)15-11-5-2-10(3-6-11)4-7-13(17)18/h2-7,14H,8-9H2,1H3,(H,15,16)(H,17,18)/b7-4+. The highest BCUT2D eigenvalue weighted by Crippen LogP contribution is 2.11. The minimum absolute atomic E-state index is 0.0572. The Hall–Kier alpha value is -2.14. The molecule has 0 bridgehead atoms. The summed E-state index contributed by atoms with van der Waals surface area (Å²) in [4.78, 5) is 21.8. The van der Waals surface area contributed by atoms with Crippen LogP contribution in [-0.2, 0) is 9.59 Å². The third-order valence-electron chi connectivity index (χ3n) is 2.21. The van der Waals surface area contributed by atoms with Crippen molar-refractivity contribution < 1.29 is 14.7 Å². The second kappa shape index (κ2) is 7.24. The molecule has 1 rings (SSSR count). The van der Waals surface area contributed by atoms with Crippen LogP contribution in [0.4, 0.5) is 5.69 Å². The van der Waals surface area contributed by atoms with E-state index in [4.69, 9.17) is 5.11 Å². The molecule has 1 aromatic carbocycles. The summed E-state index contributed by atoms with van der Waals surface area (Å²) < 4.78 is 0. The number of carboxylic acid groups (broad SMARTS) is 1. The smallest absolute Gasteiger partial charge is 0.328 e. The molecule has 0 unspecified atom stereocenters. The van der Waals surface area contributed by atoms with Crippen LogP contribution < -0.4 is 10.6 Å². The van der Waals surface area contributed by atoms with Gasteiger partial charge in [-0.1, -0.05) is 12.1 Å². The molecular weight excluding hydrogens is 232 g/mol. The Kier molecular flexibility index (Phi) is 5.60. The Morgan fingerprint density at radius 2 is 1.94 bits per heavy atom. The lowest BCUT2D eigenvalue weighted by Gasteiger charge is -2.05. The van der Waals surface area contributed by atoms with E-state index in [9.17, 15) is 9.59 Å². The zero-order chi connectivity index (χ0) is 13.4. The molecule has 0 aliphatic carbocycles. The van der Waals surface area contributed by atoms with Gasteiger partial charge in [-0.2, -0.15) is 0 Å². The number of hydrogen-bond donors (Lipinski definition) is 3. The molecule has 96 valence electrons. The largest absolute Gasteiger partial charge is 0.478 e. The molecule has 18 heavy (non-hydrogen) atoms. The monoisotopic (exact) mass is 248 g/mol. The van der Waals surface area contributed by atoms with E-state index in [2.05, 4.69) is 10.6 Å². The Labute approximate surface area is 106 Å². The van der Waals surface area contributed by atoms with Crippen molar-refractivity contribution in [2.45, 2.75) is 6.42 Å². The van der Waals surface area contributed by atoms with Gasteiger partial charge in [0.25, 0.3) is 0 Å². The van der Waals surface area contributed by atoms with Crippen molar-refractivity contribution in [3.8, 4) is 0 Å². The molecule has 0 radical (unpaired) electrons. The number of aliphatic carboxylic acids is 1. The van der Waals surface area contributed by atoms with E-state index in [1.165, 1.54) is 6.08 Å². The summed E-state index contributed by atoms with van der Waals surface area (Å²) in [5.74, 6) is -1.04. The number of carbonyl (C=O) groups excluding carboxylic acids is 1. The molecule has 0 aliphatic heterocycles. The van der Waals surface area contributed by atoms with Crippen LogP contribution >= 0.6 is 0 Å². The zero-order valence-electron chi connectivity index (χ0n) is 10.1. The van der Waals surface area contributed by atoms with Gasteiger partial charge in [0.15, 0.2) is 0 Å². The maximum atomic E-state index is 11.4. The summed E-state index contributed by atoms with van der Waals surface area (Å²) in [5, 5.41) is 14.1. The van der Waals surface area contributed by atoms with Gasteiger partial charge in [0, 0.05) is 24.7 Å². The van der Waals surface area contributed by atoms with Crippen molar-refractivity contribution in [1.82, 2.24) is 5.32 Å². The molecule has 0 saturated heterocycles. The van der Waals surface area contributed by atoms with Crippen LogP contribution in [0, 0.1) is 0 Å². The zero-order valence-corrected chi connectivity index (χ0v) is 10.1. The molecule has 1 aromatic rings. The van der Waals surface area contributed by atoms with Crippen LogP contribution in [0.3, 0.4) is 0 Å². The molecule has 0 atom stereocenters. The lowest BCUT2D eigenvalue weighted by Crippen LogP contribution is -2.18. The van der Waals surface area contributed by atoms with Gasteiger partial charge in [-0.15, -0.1) is 0 Å². The van der Waals surface area contributed by atoms with Crippen molar-refractivity contribution in [3.05, 3.63) is 35.9 Å². The molecule has 0 heterocycles. The number of amides is 1.